The number of aliphatic carboxylic acids is 1. The van der Waals surface area contributed by atoms with Crippen molar-refractivity contribution in [3.8, 4) is 0 Å². The zero-order valence-corrected chi connectivity index (χ0v) is 11.3. The van der Waals surface area contributed by atoms with Crippen LogP contribution in [0.2, 0.25) is 0 Å². The molecule has 0 aromatic heterocycles. The molecular weight excluding hydrogens is 228 g/mol. The molecule has 0 aliphatic carbocycles. The van der Waals surface area contributed by atoms with Crippen molar-refractivity contribution in [1.82, 2.24) is 0 Å². The van der Waals surface area contributed by atoms with Gasteiger partial charge < -0.3 is 10.2 Å². The molecule has 0 saturated heterocycles. The Balaban J connectivity index is 2.91. The van der Waals surface area contributed by atoms with Crippen LogP contribution in [-0.4, -0.2) is 16.2 Å². The normalized spacial score (nSPS) is 14.5. The highest BCUT2D eigenvalue weighted by Gasteiger charge is 2.30. The molecule has 1 atom stereocenters. The van der Waals surface area contributed by atoms with Gasteiger partial charge in [0.25, 0.3) is 0 Å². The summed E-state index contributed by atoms with van der Waals surface area (Å²) in [5, 5.41) is 19.2. The Hall–Kier alpha value is -1.35. The van der Waals surface area contributed by atoms with Gasteiger partial charge in [0.2, 0.25) is 0 Å². The fourth-order valence-corrected chi connectivity index (χ4v) is 2.10. The van der Waals surface area contributed by atoms with Crippen LogP contribution in [0.1, 0.15) is 44.7 Å². The van der Waals surface area contributed by atoms with Crippen LogP contribution in [-0.2, 0) is 16.8 Å². The van der Waals surface area contributed by atoms with Crippen LogP contribution in [0.15, 0.2) is 24.3 Å². The van der Waals surface area contributed by atoms with Gasteiger partial charge >= 0.3 is 5.97 Å². The average molecular weight is 250 g/mol. The van der Waals surface area contributed by atoms with E-state index in [0.717, 1.165) is 6.42 Å². The summed E-state index contributed by atoms with van der Waals surface area (Å²) in [7, 11) is 0. The molecule has 3 nitrogen and oxygen atoms in total. The molecule has 0 spiro atoms. The van der Waals surface area contributed by atoms with Crippen LogP contribution in [0.5, 0.6) is 0 Å². The van der Waals surface area contributed by atoms with E-state index in [0.29, 0.717) is 17.9 Å². The summed E-state index contributed by atoms with van der Waals surface area (Å²) < 4.78 is 0. The summed E-state index contributed by atoms with van der Waals surface area (Å²) in [6, 6.07) is 7.62. The van der Waals surface area contributed by atoms with Crippen molar-refractivity contribution in [2.75, 3.05) is 0 Å². The predicted octanol–water partition coefficient (Wildman–Crippen LogP) is 2.96. The van der Waals surface area contributed by atoms with Gasteiger partial charge in [0, 0.05) is 0 Å². The Morgan fingerprint density at radius 3 is 2.22 bits per heavy atom. The zero-order valence-electron chi connectivity index (χ0n) is 11.3. The van der Waals surface area contributed by atoms with Gasteiger partial charge in [0.15, 0.2) is 0 Å². The Bertz CT molecular complexity index is 395. The Morgan fingerprint density at radius 1 is 1.28 bits per heavy atom. The van der Waals surface area contributed by atoms with E-state index in [2.05, 4.69) is 13.8 Å². The fraction of sp³-hybridized carbons (Fsp3) is 0.533. The monoisotopic (exact) mass is 250 g/mol. The summed E-state index contributed by atoms with van der Waals surface area (Å²) in [6.07, 6.45) is 1.12. The summed E-state index contributed by atoms with van der Waals surface area (Å²) in [5.41, 5.74) is 0.629. The maximum atomic E-state index is 10.8. The molecule has 0 fully saturated rings. The first-order valence-corrected chi connectivity index (χ1v) is 6.41. The van der Waals surface area contributed by atoms with Crippen molar-refractivity contribution in [3.63, 3.8) is 0 Å². The Kier molecular flexibility index (Phi) is 4.91. The SMILES string of the molecule is CCC(O)(CC(=O)O)c1ccc(CC(C)C)cc1. The van der Waals surface area contributed by atoms with Crippen molar-refractivity contribution < 1.29 is 15.0 Å². The molecule has 3 heteroatoms. The van der Waals surface area contributed by atoms with Gasteiger partial charge in [-0.3, -0.25) is 4.79 Å². The van der Waals surface area contributed by atoms with Crippen molar-refractivity contribution in [1.29, 1.82) is 0 Å². The zero-order chi connectivity index (χ0) is 13.8. The largest absolute Gasteiger partial charge is 0.481 e. The lowest BCUT2D eigenvalue weighted by Gasteiger charge is -2.25. The molecule has 0 bridgehead atoms. The van der Waals surface area contributed by atoms with Crippen LogP contribution >= 0.6 is 0 Å². The van der Waals surface area contributed by atoms with E-state index in [9.17, 15) is 9.90 Å². The Labute approximate surface area is 108 Å². The second-order valence-corrected chi connectivity index (χ2v) is 5.25. The lowest BCUT2D eigenvalue weighted by Crippen LogP contribution is -2.28. The standard InChI is InChI=1S/C15H22O3/c1-4-15(18,10-14(16)17)13-7-5-12(6-8-13)9-11(2)3/h5-8,11,18H,4,9-10H2,1-3H3,(H,16,17). The molecule has 100 valence electrons. The fourth-order valence-electron chi connectivity index (χ4n) is 2.10. The van der Waals surface area contributed by atoms with E-state index in [1.165, 1.54) is 5.56 Å². The van der Waals surface area contributed by atoms with Gasteiger partial charge in [-0.15, -0.1) is 0 Å². The molecule has 1 unspecified atom stereocenters. The second-order valence-electron chi connectivity index (χ2n) is 5.25. The molecule has 1 aromatic carbocycles. The quantitative estimate of drug-likeness (QED) is 0.816. The molecule has 0 amide bonds. The number of carboxylic acids is 1. The van der Waals surface area contributed by atoms with E-state index in [-0.39, 0.29) is 6.42 Å². The van der Waals surface area contributed by atoms with Gasteiger partial charge in [-0.1, -0.05) is 45.0 Å². The number of carbonyl (C=O) groups is 1. The lowest BCUT2D eigenvalue weighted by molar-refractivity contribution is -0.143. The molecule has 1 aromatic rings. The number of rotatable bonds is 6. The van der Waals surface area contributed by atoms with Gasteiger partial charge in [0.1, 0.15) is 0 Å². The number of hydrogen-bond acceptors (Lipinski definition) is 2. The molecule has 0 heterocycles. The van der Waals surface area contributed by atoms with E-state index in [1.54, 1.807) is 6.92 Å². The number of carboxylic acid groups (broad SMARTS) is 1. The van der Waals surface area contributed by atoms with Crippen molar-refractivity contribution >= 4 is 5.97 Å². The number of aliphatic hydroxyl groups is 1. The molecule has 0 saturated carbocycles. The predicted molar refractivity (Wildman–Crippen MR) is 71.4 cm³/mol. The number of hydrogen-bond donors (Lipinski definition) is 2. The molecule has 0 radical (unpaired) electrons. The lowest BCUT2D eigenvalue weighted by atomic mass is 9.87. The smallest absolute Gasteiger partial charge is 0.306 e. The van der Waals surface area contributed by atoms with Crippen LogP contribution in [0, 0.1) is 5.92 Å². The molecule has 0 aliphatic rings. The van der Waals surface area contributed by atoms with Crippen molar-refractivity contribution in [2.24, 2.45) is 5.92 Å². The molecule has 1 rings (SSSR count). The maximum absolute atomic E-state index is 10.8. The van der Waals surface area contributed by atoms with Gasteiger partial charge in [-0.25, -0.2) is 0 Å². The van der Waals surface area contributed by atoms with Crippen LogP contribution in [0.4, 0.5) is 0 Å². The minimum absolute atomic E-state index is 0.257. The van der Waals surface area contributed by atoms with E-state index in [4.69, 9.17) is 5.11 Å². The van der Waals surface area contributed by atoms with E-state index < -0.39 is 11.6 Å². The first-order valence-electron chi connectivity index (χ1n) is 6.41. The highest BCUT2D eigenvalue weighted by molar-refractivity contribution is 5.68. The summed E-state index contributed by atoms with van der Waals surface area (Å²) in [6.45, 7) is 6.10. The molecule has 0 aliphatic heterocycles. The summed E-state index contributed by atoms with van der Waals surface area (Å²) in [4.78, 5) is 10.8. The topological polar surface area (TPSA) is 57.5 Å². The van der Waals surface area contributed by atoms with E-state index in [1.807, 2.05) is 24.3 Å². The average Bonchev–Trinajstić information content (AvgIpc) is 2.28. The highest BCUT2D eigenvalue weighted by atomic mass is 16.4. The third-order valence-corrected chi connectivity index (χ3v) is 3.16. The highest BCUT2D eigenvalue weighted by Crippen LogP contribution is 2.29. The van der Waals surface area contributed by atoms with Crippen molar-refractivity contribution in [2.45, 2.75) is 45.6 Å². The minimum atomic E-state index is -1.26. The van der Waals surface area contributed by atoms with Crippen LogP contribution in [0.3, 0.4) is 0 Å². The summed E-state index contributed by atoms with van der Waals surface area (Å²) in [5.74, 6) is -0.398. The first-order chi connectivity index (χ1) is 8.37. The van der Waals surface area contributed by atoms with Crippen LogP contribution in [0.25, 0.3) is 0 Å². The third kappa shape index (κ3) is 3.84. The molecular formula is C15H22O3. The minimum Gasteiger partial charge on any atom is -0.481 e. The first kappa shape index (κ1) is 14.7. The Morgan fingerprint density at radius 2 is 1.83 bits per heavy atom. The second kappa shape index (κ2) is 6.01. The third-order valence-electron chi connectivity index (χ3n) is 3.16. The van der Waals surface area contributed by atoms with E-state index >= 15 is 0 Å². The van der Waals surface area contributed by atoms with Crippen molar-refractivity contribution in [3.05, 3.63) is 35.4 Å². The summed E-state index contributed by atoms with van der Waals surface area (Å²) >= 11 is 0. The van der Waals surface area contributed by atoms with Gasteiger partial charge in [-0.05, 0) is 29.9 Å². The van der Waals surface area contributed by atoms with Crippen LogP contribution < -0.4 is 0 Å². The number of benzene rings is 1. The van der Waals surface area contributed by atoms with Gasteiger partial charge in [-0.2, -0.15) is 0 Å². The maximum Gasteiger partial charge on any atom is 0.306 e. The molecule has 2 N–H and O–H groups in total. The van der Waals surface area contributed by atoms with Gasteiger partial charge in [0.05, 0.1) is 12.0 Å². The molecule has 18 heavy (non-hydrogen) atoms.